The van der Waals surface area contributed by atoms with E-state index in [0.29, 0.717) is 13.0 Å². The largest absolute Gasteiger partial charge is 0.354 e. The molecule has 1 aliphatic heterocycles. The van der Waals surface area contributed by atoms with E-state index in [9.17, 15) is 9.59 Å². The van der Waals surface area contributed by atoms with Crippen molar-refractivity contribution in [2.75, 3.05) is 6.54 Å². The second-order valence-corrected chi connectivity index (χ2v) is 5.81. The van der Waals surface area contributed by atoms with Crippen molar-refractivity contribution in [2.24, 2.45) is 0 Å². The molecule has 2 N–H and O–H groups in total. The molecule has 4 nitrogen and oxygen atoms in total. The van der Waals surface area contributed by atoms with Crippen molar-refractivity contribution in [3.8, 4) is 0 Å². The zero-order chi connectivity index (χ0) is 14.0. The maximum atomic E-state index is 12.7. The molecule has 1 atom stereocenters. The zero-order valence-electron chi connectivity index (χ0n) is 11.5. The molecule has 2 amide bonds. The number of hydrogen-bond donors (Lipinski definition) is 2. The monoisotopic (exact) mass is 272 g/mol. The van der Waals surface area contributed by atoms with Gasteiger partial charge in [-0.25, -0.2) is 0 Å². The van der Waals surface area contributed by atoms with E-state index in [0.717, 1.165) is 31.2 Å². The molecule has 1 aliphatic carbocycles. The highest BCUT2D eigenvalue weighted by Gasteiger charge is 2.46. The number of amides is 2. The Morgan fingerprint density at radius 3 is 2.55 bits per heavy atom. The third-order valence-corrected chi connectivity index (χ3v) is 4.57. The Hall–Kier alpha value is -1.84. The van der Waals surface area contributed by atoms with Gasteiger partial charge in [0, 0.05) is 19.0 Å². The van der Waals surface area contributed by atoms with E-state index in [1.807, 2.05) is 30.3 Å². The lowest BCUT2D eigenvalue weighted by atomic mass is 9.63. The van der Waals surface area contributed by atoms with E-state index >= 15 is 0 Å². The SMILES string of the molecule is O=C1CCC(NC(=O)C2(c3ccccc3)CCC2)CN1. The minimum Gasteiger partial charge on any atom is -0.354 e. The molecule has 106 valence electrons. The normalized spacial score (nSPS) is 24.4. The highest BCUT2D eigenvalue weighted by atomic mass is 16.2. The van der Waals surface area contributed by atoms with E-state index in [2.05, 4.69) is 10.6 Å². The fourth-order valence-electron chi connectivity index (χ4n) is 3.11. The third kappa shape index (κ3) is 2.30. The van der Waals surface area contributed by atoms with E-state index in [1.54, 1.807) is 0 Å². The molecule has 20 heavy (non-hydrogen) atoms. The average Bonchev–Trinajstić information content (AvgIpc) is 2.41. The standard InChI is InChI=1S/C16H20N2O2/c19-14-8-7-13(11-17-14)18-15(20)16(9-4-10-16)12-5-2-1-3-6-12/h1-3,5-6,13H,4,7-11H2,(H,17,19)(H,18,20). The van der Waals surface area contributed by atoms with Gasteiger partial charge in [0.1, 0.15) is 0 Å². The summed E-state index contributed by atoms with van der Waals surface area (Å²) in [5.74, 6) is 0.202. The summed E-state index contributed by atoms with van der Waals surface area (Å²) in [7, 11) is 0. The van der Waals surface area contributed by atoms with Crippen LogP contribution in [-0.2, 0) is 15.0 Å². The molecule has 1 aromatic rings. The number of nitrogens with one attached hydrogen (secondary N) is 2. The van der Waals surface area contributed by atoms with Crippen molar-refractivity contribution < 1.29 is 9.59 Å². The molecule has 4 heteroatoms. The lowest BCUT2D eigenvalue weighted by Crippen LogP contribution is -2.55. The number of hydrogen-bond acceptors (Lipinski definition) is 2. The molecule has 1 unspecified atom stereocenters. The average molecular weight is 272 g/mol. The van der Waals surface area contributed by atoms with Crippen molar-refractivity contribution in [1.29, 1.82) is 0 Å². The van der Waals surface area contributed by atoms with Gasteiger partial charge in [0.25, 0.3) is 0 Å². The Balaban J connectivity index is 1.70. The molecule has 0 bridgehead atoms. The first-order chi connectivity index (χ1) is 9.71. The molecule has 2 fully saturated rings. The Kier molecular flexibility index (Phi) is 3.47. The summed E-state index contributed by atoms with van der Waals surface area (Å²) >= 11 is 0. The molecule has 0 spiro atoms. The van der Waals surface area contributed by atoms with Crippen molar-refractivity contribution >= 4 is 11.8 Å². The number of benzene rings is 1. The number of piperidine rings is 1. The van der Waals surface area contributed by atoms with Gasteiger partial charge in [-0.1, -0.05) is 36.8 Å². The number of carbonyl (C=O) groups is 2. The van der Waals surface area contributed by atoms with Gasteiger partial charge < -0.3 is 10.6 Å². The van der Waals surface area contributed by atoms with Crippen LogP contribution in [0.3, 0.4) is 0 Å². The second-order valence-electron chi connectivity index (χ2n) is 5.81. The van der Waals surface area contributed by atoms with Gasteiger partial charge in [0.15, 0.2) is 0 Å². The fourth-order valence-corrected chi connectivity index (χ4v) is 3.11. The number of carbonyl (C=O) groups excluding carboxylic acids is 2. The zero-order valence-corrected chi connectivity index (χ0v) is 11.5. The molecule has 1 aromatic carbocycles. The van der Waals surface area contributed by atoms with E-state index < -0.39 is 0 Å². The van der Waals surface area contributed by atoms with Crippen LogP contribution in [0.5, 0.6) is 0 Å². The van der Waals surface area contributed by atoms with Crippen molar-refractivity contribution in [3.05, 3.63) is 35.9 Å². The minimum atomic E-state index is -0.345. The van der Waals surface area contributed by atoms with Crippen molar-refractivity contribution in [1.82, 2.24) is 10.6 Å². The summed E-state index contributed by atoms with van der Waals surface area (Å²) in [4.78, 5) is 23.8. The first kappa shape index (κ1) is 13.2. The van der Waals surface area contributed by atoms with Gasteiger partial charge in [-0.15, -0.1) is 0 Å². The maximum Gasteiger partial charge on any atom is 0.230 e. The molecule has 1 saturated carbocycles. The summed E-state index contributed by atoms with van der Waals surface area (Å²) < 4.78 is 0. The smallest absolute Gasteiger partial charge is 0.230 e. The molecular weight excluding hydrogens is 252 g/mol. The molecule has 3 rings (SSSR count). The van der Waals surface area contributed by atoms with Gasteiger partial charge in [0.2, 0.25) is 11.8 Å². The third-order valence-electron chi connectivity index (χ3n) is 4.57. The van der Waals surface area contributed by atoms with Gasteiger partial charge >= 0.3 is 0 Å². The molecular formula is C16H20N2O2. The Morgan fingerprint density at radius 2 is 2.00 bits per heavy atom. The summed E-state index contributed by atoms with van der Waals surface area (Å²) in [6, 6.07) is 10.1. The second kappa shape index (κ2) is 5.27. The summed E-state index contributed by atoms with van der Waals surface area (Å²) in [6.07, 6.45) is 4.18. The first-order valence-electron chi connectivity index (χ1n) is 7.34. The van der Waals surface area contributed by atoms with Gasteiger partial charge in [0.05, 0.1) is 5.41 Å². The molecule has 0 aromatic heterocycles. The summed E-state index contributed by atoms with van der Waals surface area (Å²) in [5, 5.41) is 5.94. The van der Waals surface area contributed by atoms with Crippen LogP contribution in [0.2, 0.25) is 0 Å². The van der Waals surface area contributed by atoms with Crippen LogP contribution in [0.15, 0.2) is 30.3 Å². The molecule has 0 radical (unpaired) electrons. The lowest BCUT2D eigenvalue weighted by molar-refractivity contribution is -0.132. The predicted octanol–water partition coefficient (Wildman–Crippen LogP) is 1.50. The van der Waals surface area contributed by atoms with Gasteiger partial charge in [-0.3, -0.25) is 9.59 Å². The fraction of sp³-hybridized carbons (Fsp3) is 0.500. The van der Waals surface area contributed by atoms with E-state index in [1.165, 1.54) is 0 Å². The van der Waals surface area contributed by atoms with Crippen LogP contribution in [0, 0.1) is 0 Å². The van der Waals surface area contributed by atoms with Crippen LogP contribution in [0.1, 0.15) is 37.7 Å². The van der Waals surface area contributed by atoms with Crippen LogP contribution in [0.4, 0.5) is 0 Å². The van der Waals surface area contributed by atoms with Crippen LogP contribution in [0.25, 0.3) is 0 Å². The minimum absolute atomic E-state index is 0.0707. The van der Waals surface area contributed by atoms with Gasteiger partial charge in [-0.2, -0.15) is 0 Å². The van der Waals surface area contributed by atoms with Crippen LogP contribution >= 0.6 is 0 Å². The molecule has 2 aliphatic rings. The molecule has 1 heterocycles. The Labute approximate surface area is 118 Å². The van der Waals surface area contributed by atoms with Crippen LogP contribution < -0.4 is 10.6 Å². The first-order valence-corrected chi connectivity index (χ1v) is 7.34. The lowest BCUT2D eigenvalue weighted by Gasteiger charge is -2.42. The predicted molar refractivity (Wildman–Crippen MR) is 76.1 cm³/mol. The quantitative estimate of drug-likeness (QED) is 0.876. The van der Waals surface area contributed by atoms with E-state index in [4.69, 9.17) is 0 Å². The van der Waals surface area contributed by atoms with Crippen molar-refractivity contribution in [3.63, 3.8) is 0 Å². The summed E-state index contributed by atoms with van der Waals surface area (Å²) in [6.45, 7) is 0.551. The Morgan fingerprint density at radius 1 is 1.25 bits per heavy atom. The Bertz CT molecular complexity index is 498. The summed E-state index contributed by atoms with van der Waals surface area (Å²) in [5.41, 5.74) is 0.770. The van der Waals surface area contributed by atoms with Gasteiger partial charge in [-0.05, 0) is 24.8 Å². The van der Waals surface area contributed by atoms with Crippen LogP contribution in [-0.4, -0.2) is 24.4 Å². The van der Waals surface area contributed by atoms with E-state index in [-0.39, 0.29) is 23.3 Å². The highest BCUT2D eigenvalue weighted by molar-refractivity contribution is 5.89. The highest BCUT2D eigenvalue weighted by Crippen LogP contribution is 2.44. The molecule has 1 saturated heterocycles. The topological polar surface area (TPSA) is 58.2 Å². The maximum absolute atomic E-state index is 12.7. The number of rotatable bonds is 3. The van der Waals surface area contributed by atoms with Crippen molar-refractivity contribution in [2.45, 2.75) is 43.6 Å².